The summed E-state index contributed by atoms with van der Waals surface area (Å²) in [6.45, 7) is 0.834. The van der Waals surface area contributed by atoms with Crippen LogP contribution in [0.1, 0.15) is 30.0 Å². The highest BCUT2D eigenvalue weighted by Crippen LogP contribution is 2.40. The van der Waals surface area contributed by atoms with Crippen LogP contribution >= 0.6 is 0 Å². The van der Waals surface area contributed by atoms with Gasteiger partial charge in [0, 0.05) is 18.7 Å². The number of aliphatic hydroxyl groups excluding tert-OH is 1. The van der Waals surface area contributed by atoms with Gasteiger partial charge in [-0.3, -0.25) is 9.59 Å². The van der Waals surface area contributed by atoms with Crippen LogP contribution in [0, 0.1) is 5.82 Å². The van der Waals surface area contributed by atoms with E-state index in [0.717, 1.165) is 12.8 Å². The summed E-state index contributed by atoms with van der Waals surface area (Å²) in [6.07, 6.45) is 1.51. The Morgan fingerprint density at radius 2 is 1.93 bits per heavy atom. The maximum Gasteiger partial charge on any atom is 0.295 e. The van der Waals surface area contributed by atoms with E-state index in [1.54, 1.807) is 36.4 Å². The first kappa shape index (κ1) is 18.4. The standard InChI is InChI=1S/C22H20FNO4/c23-16-9-4-8-15(12-16)19-18(20(25)14-6-2-1-3-7-14)21(26)22(27)24(19)13-17-10-5-11-28-17/h1-4,6-9,12,17,19,25H,5,10-11,13H2/b20-18+/t17-,19+/m1/s1. The summed E-state index contributed by atoms with van der Waals surface area (Å²) in [5.41, 5.74) is 0.841. The molecule has 0 bridgehead atoms. The minimum atomic E-state index is -0.861. The number of benzene rings is 2. The maximum atomic E-state index is 13.9. The molecule has 6 heteroatoms. The van der Waals surface area contributed by atoms with Gasteiger partial charge < -0.3 is 14.7 Å². The molecule has 1 amide bonds. The Morgan fingerprint density at radius 1 is 1.14 bits per heavy atom. The zero-order valence-electron chi connectivity index (χ0n) is 15.2. The summed E-state index contributed by atoms with van der Waals surface area (Å²) < 4.78 is 19.5. The average Bonchev–Trinajstić information content (AvgIpc) is 3.30. The van der Waals surface area contributed by atoms with Crippen LogP contribution in [0.25, 0.3) is 5.76 Å². The fraction of sp³-hybridized carbons (Fsp3) is 0.273. The van der Waals surface area contributed by atoms with Crippen molar-refractivity contribution in [2.24, 2.45) is 0 Å². The molecule has 2 heterocycles. The Bertz CT molecular complexity index is 935. The van der Waals surface area contributed by atoms with Crippen LogP contribution in [0.15, 0.2) is 60.2 Å². The van der Waals surface area contributed by atoms with E-state index in [1.165, 1.54) is 23.1 Å². The molecule has 0 saturated carbocycles. The minimum Gasteiger partial charge on any atom is -0.507 e. The van der Waals surface area contributed by atoms with Crippen molar-refractivity contribution in [3.05, 3.63) is 77.1 Å². The maximum absolute atomic E-state index is 13.9. The van der Waals surface area contributed by atoms with Gasteiger partial charge in [-0.25, -0.2) is 4.39 Å². The molecule has 2 aliphatic rings. The zero-order valence-corrected chi connectivity index (χ0v) is 15.2. The fourth-order valence-electron chi connectivity index (χ4n) is 3.85. The van der Waals surface area contributed by atoms with Crippen LogP contribution in [-0.4, -0.2) is 41.0 Å². The number of Topliss-reactive ketones (excluding diaryl/α,β-unsaturated/α-hetero) is 1. The number of halogens is 1. The van der Waals surface area contributed by atoms with Gasteiger partial charge >= 0.3 is 0 Å². The van der Waals surface area contributed by atoms with Gasteiger partial charge in [0.05, 0.1) is 17.7 Å². The molecule has 2 saturated heterocycles. The summed E-state index contributed by atoms with van der Waals surface area (Å²) in [4.78, 5) is 27.0. The summed E-state index contributed by atoms with van der Waals surface area (Å²) in [5, 5.41) is 10.8. The number of carbonyl (C=O) groups is 2. The lowest BCUT2D eigenvalue weighted by Crippen LogP contribution is -2.36. The van der Waals surface area contributed by atoms with Gasteiger partial charge in [-0.2, -0.15) is 0 Å². The highest BCUT2D eigenvalue weighted by Gasteiger charge is 2.47. The van der Waals surface area contributed by atoms with Crippen molar-refractivity contribution in [2.45, 2.75) is 25.0 Å². The zero-order chi connectivity index (χ0) is 19.7. The lowest BCUT2D eigenvalue weighted by Gasteiger charge is -2.27. The highest BCUT2D eigenvalue weighted by atomic mass is 19.1. The van der Waals surface area contributed by atoms with Crippen LogP contribution in [-0.2, 0) is 14.3 Å². The number of rotatable bonds is 4. The summed E-state index contributed by atoms with van der Waals surface area (Å²) >= 11 is 0. The van der Waals surface area contributed by atoms with E-state index in [1.807, 2.05) is 0 Å². The molecule has 0 radical (unpaired) electrons. The molecule has 5 nitrogen and oxygen atoms in total. The molecular weight excluding hydrogens is 361 g/mol. The van der Waals surface area contributed by atoms with Crippen molar-refractivity contribution >= 4 is 17.4 Å². The topological polar surface area (TPSA) is 66.8 Å². The number of ketones is 1. The molecule has 2 aromatic carbocycles. The number of aliphatic hydroxyl groups is 1. The van der Waals surface area contributed by atoms with E-state index in [2.05, 4.69) is 0 Å². The van der Waals surface area contributed by atoms with Crippen molar-refractivity contribution in [2.75, 3.05) is 13.2 Å². The molecule has 2 fully saturated rings. The van der Waals surface area contributed by atoms with Gasteiger partial charge in [0.25, 0.3) is 11.7 Å². The summed E-state index contributed by atoms with van der Waals surface area (Å²) in [6, 6.07) is 13.5. The quantitative estimate of drug-likeness (QED) is 0.501. The van der Waals surface area contributed by atoms with Gasteiger partial charge in [0.15, 0.2) is 0 Å². The van der Waals surface area contributed by atoms with Crippen molar-refractivity contribution < 1.29 is 23.8 Å². The number of amides is 1. The number of likely N-dealkylation sites (tertiary alicyclic amines) is 1. The van der Waals surface area contributed by atoms with Crippen molar-refractivity contribution in [3.8, 4) is 0 Å². The monoisotopic (exact) mass is 381 g/mol. The van der Waals surface area contributed by atoms with Gasteiger partial charge in [0.1, 0.15) is 11.6 Å². The second kappa shape index (κ2) is 7.56. The molecule has 1 N–H and O–H groups in total. The van der Waals surface area contributed by atoms with Crippen molar-refractivity contribution in [1.82, 2.24) is 4.90 Å². The Balaban J connectivity index is 1.83. The van der Waals surface area contributed by atoms with Crippen LogP contribution in [0.3, 0.4) is 0 Å². The molecule has 0 spiro atoms. The van der Waals surface area contributed by atoms with Crippen LogP contribution in [0.2, 0.25) is 0 Å². The van der Waals surface area contributed by atoms with Gasteiger partial charge in [-0.1, -0.05) is 42.5 Å². The molecule has 2 aliphatic heterocycles. The number of hydrogen-bond acceptors (Lipinski definition) is 4. The molecule has 4 rings (SSSR count). The number of hydrogen-bond donors (Lipinski definition) is 1. The molecule has 28 heavy (non-hydrogen) atoms. The molecule has 0 aromatic heterocycles. The SMILES string of the molecule is O=C1C(=O)N(C[C@H]2CCCO2)[C@@H](c2cccc(F)c2)/C1=C(\O)c1ccccc1. The lowest BCUT2D eigenvalue weighted by molar-refractivity contribution is -0.140. The molecule has 0 unspecified atom stereocenters. The number of ether oxygens (including phenoxy) is 1. The van der Waals surface area contributed by atoms with Crippen LogP contribution < -0.4 is 0 Å². The smallest absolute Gasteiger partial charge is 0.295 e. The second-order valence-electron chi connectivity index (χ2n) is 7.01. The minimum absolute atomic E-state index is 0.0280. The lowest BCUT2D eigenvalue weighted by atomic mass is 9.95. The Hall–Kier alpha value is -2.99. The van der Waals surface area contributed by atoms with E-state index in [9.17, 15) is 19.1 Å². The molecule has 144 valence electrons. The first-order valence-electron chi connectivity index (χ1n) is 9.27. The van der Waals surface area contributed by atoms with E-state index in [0.29, 0.717) is 17.7 Å². The molecule has 2 aromatic rings. The van der Waals surface area contributed by atoms with E-state index >= 15 is 0 Å². The van der Waals surface area contributed by atoms with Crippen molar-refractivity contribution in [1.29, 1.82) is 0 Å². The Morgan fingerprint density at radius 3 is 2.61 bits per heavy atom. The summed E-state index contributed by atoms with van der Waals surface area (Å²) in [7, 11) is 0. The normalized spacial score (nSPS) is 24.1. The van der Waals surface area contributed by atoms with Crippen molar-refractivity contribution in [3.63, 3.8) is 0 Å². The Kier molecular flexibility index (Phi) is 4.96. The van der Waals surface area contributed by atoms with Gasteiger partial charge in [-0.05, 0) is 30.5 Å². The fourth-order valence-corrected chi connectivity index (χ4v) is 3.85. The van der Waals surface area contributed by atoms with Gasteiger partial charge in [-0.15, -0.1) is 0 Å². The molecule has 0 aliphatic carbocycles. The third kappa shape index (κ3) is 3.31. The predicted octanol–water partition coefficient (Wildman–Crippen LogP) is 3.43. The molecule has 2 atom stereocenters. The average molecular weight is 381 g/mol. The molecular formula is C22H20FNO4. The number of carbonyl (C=O) groups excluding carboxylic acids is 2. The van der Waals surface area contributed by atoms with Gasteiger partial charge in [0.2, 0.25) is 0 Å². The first-order chi connectivity index (χ1) is 13.6. The third-order valence-corrected chi connectivity index (χ3v) is 5.18. The first-order valence-corrected chi connectivity index (χ1v) is 9.27. The van der Waals surface area contributed by atoms with Crippen LogP contribution in [0.4, 0.5) is 4.39 Å². The van der Waals surface area contributed by atoms with E-state index in [4.69, 9.17) is 4.74 Å². The van der Waals surface area contributed by atoms with Crippen LogP contribution in [0.5, 0.6) is 0 Å². The van der Waals surface area contributed by atoms with E-state index in [-0.39, 0.29) is 24.0 Å². The highest BCUT2D eigenvalue weighted by molar-refractivity contribution is 6.46. The Labute approximate surface area is 162 Å². The number of nitrogens with zero attached hydrogens (tertiary/aromatic N) is 1. The second-order valence-corrected chi connectivity index (χ2v) is 7.01. The summed E-state index contributed by atoms with van der Waals surface area (Å²) in [5.74, 6) is -2.21. The largest absolute Gasteiger partial charge is 0.507 e. The predicted molar refractivity (Wildman–Crippen MR) is 101 cm³/mol. The van der Waals surface area contributed by atoms with E-state index < -0.39 is 23.5 Å². The third-order valence-electron chi connectivity index (χ3n) is 5.18.